The van der Waals surface area contributed by atoms with Gasteiger partial charge in [0.1, 0.15) is 11.5 Å². The highest BCUT2D eigenvalue weighted by molar-refractivity contribution is 6.20. The Bertz CT molecular complexity index is 388. The van der Waals surface area contributed by atoms with Gasteiger partial charge in [-0.1, -0.05) is 0 Å². The Morgan fingerprint density at radius 2 is 2.06 bits per heavy atom. The summed E-state index contributed by atoms with van der Waals surface area (Å²) in [5.41, 5.74) is 0.249. The van der Waals surface area contributed by atoms with E-state index in [1.54, 1.807) is 0 Å². The molecular weight excluding hydrogens is 243 g/mol. The van der Waals surface area contributed by atoms with Gasteiger partial charge < -0.3 is 5.32 Å². The average molecular weight is 257 g/mol. The van der Waals surface area contributed by atoms with Gasteiger partial charge in [-0.05, 0) is 37.8 Å². The number of carbonyl (C=O) groups excluding carboxylic acids is 1. The second kappa shape index (κ2) is 5.45. The maximum Gasteiger partial charge on any atom is 0.270 e. The van der Waals surface area contributed by atoms with E-state index < -0.39 is 5.82 Å². The van der Waals surface area contributed by atoms with Crippen molar-refractivity contribution in [3.05, 3.63) is 29.8 Å². The Morgan fingerprint density at radius 3 is 2.65 bits per heavy atom. The minimum Gasteiger partial charge on any atom is -0.348 e. The third kappa shape index (κ3) is 3.40. The number of alkyl halides is 1. The van der Waals surface area contributed by atoms with Crippen molar-refractivity contribution in [3.63, 3.8) is 0 Å². The first-order valence-corrected chi connectivity index (χ1v) is 6.15. The molecule has 1 fully saturated rings. The van der Waals surface area contributed by atoms with Gasteiger partial charge in [0, 0.05) is 11.4 Å². The molecule has 0 bridgehead atoms. The number of hydrogen-bond acceptors (Lipinski definition) is 2. The van der Waals surface area contributed by atoms with E-state index in [4.69, 9.17) is 11.6 Å². The summed E-state index contributed by atoms with van der Waals surface area (Å²) in [5.74, 6) is -0.688. The molecule has 0 aliphatic heterocycles. The lowest BCUT2D eigenvalue weighted by molar-refractivity contribution is 0.0923. The van der Waals surface area contributed by atoms with Gasteiger partial charge in [-0.25, -0.2) is 9.37 Å². The molecule has 3 nitrogen and oxygen atoms in total. The fourth-order valence-electron chi connectivity index (χ4n) is 1.97. The lowest BCUT2D eigenvalue weighted by Crippen LogP contribution is -2.38. The van der Waals surface area contributed by atoms with E-state index in [-0.39, 0.29) is 23.0 Å². The van der Waals surface area contributed by atoms with Crippen LogP contribution in [0.1, 0.15) is 36.2 Å². The van der Waals surface area contributed by atoms with Gasteiger partial charge in [0.05, 0.1) is 6.20 Å². The van der Waals surface area contributed by atoms with Crippen molar-refractivity contribution < 1.29 is 9.18 Å². The predicted molar refractivity (Wildman–Crippen MR) is 63.6 cm³/mol. The summed E-state index contributed by atoms with van der Waals surface area (Å²) in [6, 6.07) is 2.78. The summed E-state index contributed by atoms with van der Waals surface area (Å²) < 4.78 is 12.6. The lowest BCUT2D eigenvalue weighted by Gasteiger charge is -2.25. The standard InChI is InChI=1S/C12H14ClFN2O/c13-8-1-4-10(5-2-8)16-12(17)11-6-3-9(14)7-15-11/h3,6-8,10H,1-2,4-5H2,(H,16,17). The van der Waals surface area contributed by atoms with E-state index >= 15 is 0 Å². The smallest absolute Gasteiger partial charge is 0.270 e. The largest absolute Gasteiger partial charge is 0.348 e. The number of nitrogens with one attached hydrogen (secondary N) is 1. The van der Waals surface area contributed by atoms with Gasteiger partial charge in [0.15, 0.2) is 0 Å². The summed E-state index contributed by atoms with van der Waals surface area (Å²) in [4.78, 5) is 15.5. The molecule has 0 unspecified atom stereocenters. The predicted octanol–water partition coefficient (Wildman–Crippen LogP) is 2.50. The molecular formula is C12H14ClFN2O. The van der Waals surface area contributed by atoms with Crippen molar-refractivity contribution in [3.8, 4) is 0 Å². The SMILES string of the molecule is O=C(NC1CCC(Cl)CC1)c1ccc(F)cn1. The topological polar surface area (TPSA) is 42.0 Å². The van der Waals surface area contributed by atoms with Crippen LogP contribution >= 0.6 is 11.6 Å². The average Bonchev–Trinajstić information content (AvgIpc) is 2.33. The number of pyridine rings is 1. The van der Waals surface area contributed by atoms with E-state index in [9.17, 15) is 9.18 Å². The number of halogens is 2. The number of aromatic nitrogens is 1. The van der Waals surface area contributed by atoms with Crippen LogP contribution in [0.4, 0.5) is 4.39 Å². The molecule has 0 saturated heterocycles. The Balaban J connectivity index is 1.91. The van der Waals surface area contributed by atoms with Crippen LogP contribution in [-0.2, 0) is 0 Å². The molecule has 5 heteroatoms. The molecule has 17 heavy (non-hydrogen) atoms. The van der Waals surface area contributed by atoms with E-state index in [2.05, 4.69) is 10.3 Å². The van der Waals surface area contributed by atoms with Crippen LogP contribution in [0.2, 0.25) is 0 Å². The first-order valence-electron chi connectivity index (χ1n) is 5.71. The number of hydrogen-bond donors (Lipinski definition) is 1. The Morgan fingerprint density at radius 1 is 1.35 bits per heavy atom. The summed E-state index contributed by atoms with van der Waals surface area (Å²) in [5, 5.41) is 3.12. The Kier molecular flexibility index (Phi) is 3.94. The van der Waals surface area contributed by atoms with Gasteiger partial charge in [-0.15, -0.1) is 11.6 Å². The molecule has 1 aromatic rings. The minimum absolute atomic E-state index is 0.157. The lowest BCUT2D eigenvalue weighted by atomic mass is 9.95. The van der Waals surface area contributed by atoms with Crippen LogP contribution in [0.5, 0.6) is 0 Å². The maximum atomic E-state index is 12.6. The number of nitrogens with zero attached hydrogens (tertiary/aromatic N) is 1. The molecule has 0 spiro atoms. The molecule has 0 aromatic carbocycles. The summed E-state index contributed by atoms with van der Waals surface area (Å²) in [7, 11) is 0. The van der Waals surface area contributed by atoms with Crippen molar-refractivity contribution >= 4 is 17.5 Å². The van der Waals surface area contributed by atoms with Crippen molar-refractivity contribution in [2.75, 3.05) is 0 Å². The first kappa shape index (κ1) is 12.3. The van der Waals surface area contributed by atoms with E-state index in [1.807, 2.05) is 0 Å². The summed E-state index contributed by atoms with van der Waals surface area (Å²) in [6.45, 7) is 0. The molecule has 92 valence electrons. The number of amides is 1. The number of rotatable bonds is 2. The van der Waals surface area contributed by atoms with Gasteiger partial charge in [0.2, 0.25) is 0 Å². The summed E-state index contributed by atoms with van der Waals surface area (Å²) >= 11 is 5.99. The van der Waals surface area contributed by atoms with Crippen molar-refractivity contribution in [1.82, 2.24) is 10.3 Å². The van der Waals surface area contributed by atoms with Crippen LogP contribution < -0.4 is 5.32 Å². The van der Waals surface area contributed by atoms with Crippen molar-refractivity contribution in [1.29, 1.82) is 0 Å². The molecule has 1 aliphatic rings. The monoisotopic (exact) mass is 256 g/mol. The normalized spacial score (nSPS) is 24.4. The van der Waals surface area contributed by atoms with Gasteiger partial charge in [-0.2, -0.15) is 0 Å². The Labute approximate surface area is 104 Å². The number of carbonyl (C=O) groups is 1. The zero-order chi connectivity index (χ0) is 12.3. The zero-order valence-electron chi connectivity index (χ0n) is 9.33. The van der Waals surface area contributed by atoms with E-state index in [0.29, 0.717) is 0 Å². The quantitative estimate of drug-likeness (QED) is 0.826. The third-order valence-electron chi connectivity index (χ3n) is 2.95. The Hall–Kier alpha value is -1.16. The molecule has 0 radical (unpaired) electrons. The van der Waals surface area contributed by atoms with Crippen LogP contribution in [0, 0.1) is 5.82 Å². The van der Waals surface area contributed by atoms with Crippen LogP contribution in [0.3, 0.4) is 0 Å². The van der Waals surface area contributed by atoms with Crippen molar-refractivity contribution in [2.24, 2.45) is 0 Å². The maximum absolute atomic E-state index is 12.6. The first-order chi connectivity index (χ1) is 8.15. The molecule has 2 rings (SSSR count). The second-order valence-corrected chi connectivity index (χ2v) is 4.90. The van der Waals surface area contributed by atoms with Crippen LogP contribution in [0.15, 0.2) is 18.3 Å². The van der Waals surface area contributed by atoms with Crippen LogP contribution in [-0.4, -0.2) is 22.3 Å². The van der Waals surface area contributed by atoms with Crippen molar-refractivity contribution in [2.45, 2.75) is 37.1 Å². The highest BCUT2D eigenvalue weighted by Gasteiger charge is 2.21. The fourth-order valence-corrected chi connectivity index (χ4v) is 2.22. The second-order valence-electron chi connectivity index (χ2n) is 4.28. The third-order valence-corrected chi connectivity index (χ3v) is 3.39. The highest BCUT2D eigenvalue weighted by atomic mass is 35.5. The highest BCUT2D eigenvalue weighted by Crippen LogP contribution is 2.22. The van der Waals surface area contributed by atoms with Gasteiger partial charge in [0.25, 0.3) is 5.91 Å². The van der Waals surface area contributed by atoms with E-state index in [0.717, 1.165) is 31.9 Å². The van der Waals surface area contributed by atoms with Crippen LogP contribution in [0.25, 0.3) is 0 Å². The molecule has 1 heterocycles. The minimum atomic E-state index is -0.441. The van der Waals surface area contributed by atoms with E-state index in [1.165, 1.54) is 12.1 Å². The molecule has 0 atom stereocenters. The van der Waals surface area contributed by atoms with Gasteiger partial charge >= 0.3 is 0 Å². The molecule has 1 N–H and O–H groups in total. The molecule has 1 amide bonds. The fraction of sp³-hybridized carbons (Fsp3) is 0.500. The molecule has 1 aliphatic carbocycles. The zero-order valence-corrected chi connectivity index (χ0v) is 10.1. The summed E-state index contributed by atoms with van der Waals surface area (Å²) in [6.07, 6.45) is 4.67. The van der Waals surface area contributed by atoms with Gasteiger partial charge in [-0.3, -0.25) is 4.79 Å². The molecule has 1 saturated carbocycles. The molecule has 1 aromatic heterocycles.